The number of anilines is 1. The Labute approximate surface area is 125 Å². The van der Waals surface area contributed by atoms with Crippen molar-refractivity contribution in [1.82, 2.24) is 0 Å². The number of benzene rings is 2. The second kappa shape index (κ2) is 6.79. The van der Waals surface area contributed by atoms with Gasteiger partial charge >= 0.3 is 0 Å². The molecule has 0 saturated heterocycles. The smallest absolute Gasteiger partial charge is 0.170 e. The van der Waals surface area contributed by atoms with Gasteiger partial charge < -0.3 is 15.8 Å². The Hall–Kier alpha value is -2.49. The Balaban J connectivity index is 2.23. The molecule has 2 aromatic carbocycles. The average Bonchev–Trinajstić information content (AvgIpc) is 2.52. The average molecular weight is 283 g/mol. The number of nitrogens with two attached hydrogens (primary N) is 1. The molecular weight excluding hydrogens is 262 g/mol. The van der Waals surface area contributed by atoms with E-state index < -0.39 is 0 Å². The van der Waals surface area contributed by atoms with Gasteiger partial charge in [0.25, 0.3) is 0 Å². The zero-order valence-electron chi connectivity index (χ0n) is 12.5. The van der Waals surface area contributed by atoms with E-state index >= 15 is 0 Å². The number of hydrogen-bond acceptors (Lipinski definition) is 3. The molecule has 0 spiro atoms. The van der Waals surface area contributed by atoms with Crippen LogP contribution in [0.15, 0.2) is 53.7 Å². The summed E-state index contributed by atoms with van der Waals surface area (Å²) in [5.41, 5.74) is 9.95. The molecule has 21 heavy (non-hydrogen) atoms. The Morgan fingerprint density at radius 2 is 1.95 bits per heavy atom. The number of oxime groups is 1. The predicted octanol–water partition coefficient (Wildman–Crippen LogP) is 3.12. The fourth-order valence-corrected chi connectivity index (χ4v) is 2.32. The number of aryl methyl sites for hydroxylation is 1. The summed E-state index contributed by atoms with van der Waals surface area (Å²) >= 11 is 0. The molecule has 0 bridgehead atoms. The third kappa shape index (κ3) is 3.75. The van der Waals surface area contributed by atoms with Gasteiger partial charge in [0.15, 0.2) is 5.84 Å². The van der Waals surface area contributed by atoms with Crippen molar-refractivity contribution in [2.24, 2.45) is 10.9 Å². The Bertz CT molecular complexity index is 637. The Kier molecular flexibility index (Phi) is 4.82. The van der Waals surface area contributed by atoms with Crippen molar-refractivity contribution in [3.8, 4) is 0 Å². The van der Waals surface area contributed by atoms with Crippen molar-refractivity contribution in [2.45, 2.75) is 20.4 Å². The third-order valence-electron chi connectivity index (χ3n) is 3.45. The maximum atomic E-state index is 8.77. The van der Waals surface area contributed by atoms with Gasteiger partial charge in [0.1, 0.15) is 0 Å². The molecule has 2 aromatic rings. The van der Waals surface area contributed by atoms with Crippen molar-refractivity contribution in [2.75, 3.05) is 11.4 Å². The fourth-order valence-electron chi connectivity index (χ4n) is 2.32. The zero-order valence-corrected chi connectivity index (χ0v) is 12.5. The predicted molar refractivity (Wildman–Crippen MR) is 86.9 cm³/mol. The summed E-state index contributed by atoms with van der Waals surface area (Å²) in [5, 5.41) is 11.8. The number of amidine groups is 1. The largest absolute Gasteiger partial charge is 0.409 e. The van der Waals surface area contributed by atoms with Crippen LogP contribution in [0.1, 0.15) is 23.6 Å². The molecule has 0 unspecified atom stereocenters. The van der Waals surface area contributed by atoms with E-state index in [-0.39, 0.29) is 5.84 Å². The molecular formula is C17H21N3O. The van der Waals surface area contributed by atoms with E-state index in [0.717, 1.165) is 24.2 Å². The first kappa shape index (κ1) is 14.9. The van der Waals surface area contributed by atoms with E-state index in [9.17, 15) is 0 Å². The molecule has 4 nitrogen and oxygen atoms in total. The van der Waals surface area contributed by atoms with Gasteiger partial charge in [0, 0.05) is 24.3 Å². The van der Waals surface area contributed by atoms with Crippen LogP contribution >= 0.6 is 0 Å². The number of hydrogen-bond donors (Lipinski definition) is 2. The fraction of sp³-hybridized carbons (Fsp3) is 0.235. The van der Waals surface area contributed by atoms with E-state index in [1.807, 2.05) is 24.3 Å². The highest BCUT2D eigenvalue weighted by atomic mass is 16.4. The minimum atomic E-state index is 0.135. The zero-order chi connectivity index (χ0) is 15.2. The highest BCUT2D eigenvalue weighted by Crippen LogP contribution is 2.19. The molecule has 3 N–H and O–H groups in total. The maximum Gasteiger partial charge on any atom is 0.170 e. The second-order valence-corrected chi connectivity index (χ2v) is 5.04. The van der Waals surface area contributed by atoms with Crippen LogP contribution in [0.4, 0.5) is 5.69 Å². The van der Waals surface area contributed by atoms with Crippen LogP contribution in [0.2, 0.25) is 0 Å². The van der Waals surface area contributed by atoms with Crippen LogP contribution in [-0.4, -0.2) is 17.6 Å². The van der Waals surface area contributed by atoms with Crippen molar-refractivity contribution in [1.29, 1.82) is 0 Å². The number of nitrogens with zero attached hydrogens (tertiary/aromatic N) is 2. The normalized spacial score (nSPS) is 11.4. The van der Waals surface area contributed by atoms with Gasteiger partial charge in [-0.25, -0.2) is 0 Å². The molecule has 0 saturated carbocycles. The second-order valence-electron chi connectivity index (χ2n) is 5.04. The van der Waals surface area contributed by atoms with Crippen molar-refractivity contribution in [3.05, 3.63) is 65.2 Å². The summed E-state index contributed by atoms with van der Waals surface area (Å²) in [6, 6.07) is 16.2. The minimum absolute atomic E-state index is 0.135. The summed E-state index contributed by atoms with van der Waals surface area (Å²) in [7, 11) is 0. The summed E-state index contributed by atoms with van der Waals surface area (Å²) in [4.78, 5) is 2.29. The summed E-state index contributed by atoms with van der Waals surface area (Å²) in [6.45, 7) is 5.93. The first-order valence-electron chi connectivity index (χ1n) is 7.02. The van der Waals surface area contributed by atoms with Gasteiger partial charge in [-0.15, -0.1) is 0 Å². The SMILES string of the molecule is CCN(Cc1cccc(/C(N)=N/O)c1)c1cccc(C)c1. The summed E-state index contributed by atoms with van der Waals surface area (Å²) < 4.78 is 0. The highest BCUT2D eigenvalue weighted by Gasteiger charge is 2.07. The minimum Gasteiger partial charge on any atom is -0.409 e. The van der Waals surface area contributed by atoms with Crippen LogP contribution < -0.4 is 10.6 Å². The van der Waals surface area contributed by atoms with Gasteiger partial charge in [0.05, 0.1) is 0 Å². The lowest BCUT2D eigenvalue weighted by atomic mass is 10.1. The standard InChI is InChI=1S/C17H21N3O/c1-3-20(16-9-4-6-13(2)10-16)12-14-7-5-8-15(11-14)17(18)19-21/h4-11,21H,3,12H2,1-2H3,(H2,18,19). The van der Waals surface area contributed by atoms with Crippen LogP contribution in [0, 0.1) is 6.92 Å². The van der Waals surface area contributed by atoms with Gasteiger partial charge in [-0.3, -0.25) is 0 Å². The first-order valence-corrected chi connectivity index (χ1v) is 7.02. The van der Waals surface area contributed by atoms with E-state index in [1.165, 1.54) is 11.3 Å². The molecule has 0 atom stereocenters. The molecule has 0 heterocycles. The molecule has 0 aromatic heterocycles. The van der Waals surface area contributed by atoms with Gasteiger partial charge in [-0.1, -0.05) is 35.5 Å². The van der Waals surface area contributed by atoms with Crippen molar-refractivity contribution >= 4 is 11.5 Å². The summed E-state index contributed by atoms with van der Waals surface area (Å²) in [6.07, 6.45) is 0. The van der Waals surface area contributed by atoms with Gasteiger partial charge in [-0.05, 0) is 43.2 Å². The molecule has 0 radical (unpaired) electrons. The van der Waals surface area contributed by atoms with E-state index in [4.69, 9.17) is 10.9 Å². The molecule has 0 amide bonds. The topological polar surface area (TPSA) is 61.8 Å². The van der Waals surface area contributed by atoms with Gasteiger partial charge in [0.2, 0.25) is 0 Å². The van der Waals surface area contributed by atoms with Crippen LogP contribution in [0.5, 0.6) is 0 Å². The lowest BCUT2D eigenvalue weighted by Gasteiger charge is -2.24. The molecule has 2 rings (SSSR count). The lowest BCUT2D eigenvalue weighted by molar-refractivity contribution is 0.318. The monoisotopic (exact) mass is 283 g/mol. The lowest BCUT2D eigenvalue weighted by Crippen LogP contribution is -2.22. The van der Waals surface area contributed by atoms with Gasteiger partial charge in [-0.2, -0.15) is 0 Å². The Morgan fingerprint density at radius 3 is 2.62 bits per heavy atom. The van der Waals surface area contributed by atoms with Crippen molar-refractivity contribution < 1.29 is 5.21 Å². The van der Waals surface area contributed by atoms with Crippen molar-refractivity contribution in [3.63, 3.8) is 0 Å². The molecule has 0 aliphatic rings. The molecule has 0 fully saturated rings. The summed E-state index contributed by atoms with van der Waals surface area (Å²) in [5.74, 6) is 0.135. The third-order valence-corrected chi connectivity index (χ3v) is 3.45. The van der Waals surface area contributed by atoms with E-state index in [2.05, 4.69) is 48.2 Å². The highest BCUT2D eigenvalue weighted by molar-refractivity contribution is 5.97. The van der Waals surface area contributed by atoms with E-state index in [1.54, 1.807) is 0 Å². The van der Waals surface area contributed by atoms with Crippen LogP contribution in [0.3, 0.4) is 0 Å². The maximum absolute atomic E-state index is 8.77. The molecule has 110 valence electrons. The molecule has 0 aliphatic heterocycles. The Morgan fingerprint density at radius 1 is 1.19 bits per heavy atom. The quantitative estimate of drug-likeness (QED) is 0.383. The van der Waals surface area contributed by atoms with E-state index in [0.29, 0.717) is 0 Å². The first-order chi connectivity index (χ1) is 10.1. The molecule has 4 heteroatoms. The van der Waals surface area contributed by atoms with Crippen LogP contribution in [-0.2, 0) is 6.54 Å². The van der Waals surface area contributed by atoms with Crippen LogP contribution in [0.25, 0.3) is 0 Å². The molecule has 0 aliphatic carbocycles. The number of rotatable bonds is 5.